The second-order valence-corrected chi connectivity index (χ2v) is 7.33. The van der Waals surface area contributed by atoms with Crippen molar-refractivity contribution < 1.29 is 19.4 Å². The molecule has 6 nitrogen and oxygen atoms in total. The molecule has 2 atom stereocenters. The first-order valence-corrected chi connectivity index (χ1v) is 9.40. The Morgan fingerprint density at radius 2 is 2.04 bits per heavy atom. The van der Waals surface area contributed by atoms with Crippen LogP contribution in [0, 0.1) is 6.92 Å². The van der Waals surface area contributed by atoms with Gasteiger partial charge in [0.15, 0.2) is 0 Å². The lowest BCUT2D eigenvalue weighted by atomic mass is 9.97. The molecule has 1 saturated carbocycles. The number of aryl methyl sites for hydroxylation is 1. The molecule has 2 unspecified atom stereocenters. The highest BCUT2D eigenvalue weighted by Crippen LogP contribution is 2.25. The molecule has 0 saturated heterocycles. The van der Waals surface area contributed by atoms with Gasteiger partial charge in [0.25, 0.3) is 0 Å². The average molecular weight is 354 g/mol. The number of nitrogens with zero attached hydrogens (tertiary/aromatic N) is 1. The molecule has 1 aliphatic rings. The van der Waals surface area contributed by atoms with E-state index in [2.05, 4.69) is 10.3 Å². The smallest absolute Gasteiger partial charge is 0.347 e. The second-order valence-electron chi connectivity index (χ2n) is 6.30. The largest absolute Gasteiger partial charge is 0.477 e. The Hall–Kier alpha value is -1.47. The maximum atomic E-state index is 12.5. The molecule has 0 spiro atoms. The number of aromatic nitrogens is 1. The van der Waals surface area contributed by atoms with Crippen LogP contribution in [0.3, 0.4) is 0 Å². The summed E-state index contributed by atoms with van der Waals surface area (Å²) in [7, 11) is 0. The van der Waals surface area contributed by atoms with E-state index >= 15 is 0 Å². The molecule has 1 fully saturated rings. The number of hydrogen-bond acceptors (Lipinski definition) is 5. The third-order valence-electron chi connectivity index (χ3n) is 4.31. The zero-order chi connectivity index (χ0) is 17.7. The molecule has 0 radical (unpaired) electrons. The number of aromatic carboxylic acids is 1. The lowest BCUT2D eigenvalue weighted by molar-refractivity contribution is -0.139. The molecule has 24 heavy (non-hydrogen) atoms. The molecule has 0 aliphatic heterocycles. The number of carboxylic acid groups (broad SMARTS) is 1. The lowest BCUT2D eigenvalue weighted by Gasteiger charge is -2.27. The van der Waals surface area contributed by atoms with Crippen LogP contribution in [0.25, 0.3) is 0 Å². The van der Waals surface area contributed by atoms with Crippen LogP contribution in [-0.2, 0) is 9.53 Å². The number of carbonyl (C=O) groups is 2. The standard InChI is InChI=1S/C17H26N2O4S/c1-4-13(23-12-8-6-5-7-9-12)15(20)18-11(3)16-19-10(2)14(24-16)17(21)22/h11-13H,4-9H2,1-3H3,(H,18,20)(H,21,22). The highest BCUT2D eigenvalue weighted by atomic mass is 32.1. The van der Waals surface area contributed by atoms with Gasteiger partial charge in [0.05, 0.1) is 17.8 Å². The van der Waals surface area contributed by atoms with Crippen molar-refractivity contribution in [1.29, 1.82) is 0 Å². The van der Waals surface area contributed by atoms with Crippen LogP contribution in [0.1, 0.15) is 78.8 Å². The van der Waals surface area contributed by atoms with Gasteiger partial charge in [0.2, 0.25) is 5.91 Å². The molecule has 1 aliphatic carbocycles. The van der Waals surface area contributed by atoms with Crippen molar-refractivity contribution >= 4 is 23.2 Å². The topological polar surface area (TPSA) is 88.5 Å². The summed E-state index contributed by atoms with van der Waals surface area (Å²) in [6.45, 7) is 5.42. The van der Waals surface area contributed by atoms with Gasteiger partial charge in [-0.1, -0.05) is 26.2 Å². The summed E-state index contributed by atoms with van der Waals surface area (Å²) in [5.41, 5.74) is 0.481. The molecular formula is C17H26N2O4S. The summed E-state index contributed by atoms with van der Waals surface area (Å²) >= 11 is 1.11. The molecule has 1 aromatic heterocycles. The number of nitrogens with one attached hydrogen (secondary N) is 1. The van der Waals surface area contributed by atoms with Crippen LogP contribution in [0.2, 0.25) is 0 Å². The molecule has 7 heteroatoms. The van der Waals surface area contributed by atoms with Crippen molar-refractivity contribution in [1.82, 2.24) is 10.3 Å². The molecular weight excluding hydrogens is 328 g/mol. The quantitative estimate of drug-likeness (QED) is 0.783. The number of ether oxygens (including phenoxy) is 1. The van der Waals surface area contributed by atoms with Crippen LogP contribution in [0.15, 0.2) is 0 Å². The van der Waals surface area contributed by atoms with Crippen LogP contribution in [-0.4, -0.2) is 34.2 Å². The van der Waals surface area contributed by atoms with E-state index in [-0.39, 0.29) is 22.9 Å². The Balaban J connectivity index is 1.95. The van der Waals surface area contributed by atoms with E-state index in [1.807, 2.05) is 13.8 Å². The Kier molecular flexibility index (Phi) is 6.74. The number of rotatable bonds is 7. The van der Waals surface area contributed by atoms with Crippen molar-refractivity contribution in [2.45, 2.75) is 77.5 Å². The summed E-state index contributed by atoms with van der Waals surface area (Å²) in [5.74, 6) is -1.14. The highest BCUT2D eigenvalue weighted by Gasteiger charge is 2.26. The molecule has 0 aromatic carbocycles. The van der Waals surface area contributed by atoms with E-state index in [0.717, 1.165) is 37.0 Å². The van der Waals surface area contributed by atoms with Crippen molar-refractivity contribution in [2.75, 3.05) is 0 Å². The molecule has 0 bridgehead atoms. The summed E-state index contributed by atoms with van der Waals surface area (Å²) in [6, 6.07) is -0.335. The summed E-state index contributed by atoms with van der Waals surface area (Å²) in [4.78, 5) is 28.1. The molecule has 2 N–H and O–H groups in total. The van der Waals surface area contributed by atoms with E-state index in [4.69, 9.17) is 9.84 Å². The fourth-order valence-electron chi connectivity index (χ4n) is 2.95. The Morgan fingerprint density at radius 1 is 1.38 bits per heavy atom. The maximum Gasteiger partial charge on any atom is 0.347 e. The van der Waals surface area contributed by atoms with Crippen LogP contribution in [0.4, 0.5) is 0 Å². The third kappa shape index (κ3) is 4.77. The predicted molar refractivity (Wildman–Crippen MR) is 92.4 cm³/mol. The van der Waals surface area contributed by atoms with E-state index in [1.165, 1.54) is 6.42 Å². The molecule has 1 aromatic rings. The van der Waals surface area contributed by atoms with Gasteiger partial charge in [-0.25, -0.2) is 9.78 Å². The van der Waals surface area contributed by atoms with E-state index in [9.17, 15) is 9.59 Å². The van der Waals surface area contributed by atoms with Crippen LogP contribution < -0.4 is 5.32 Å². The van der Waals surface area contributed by atoms with E-state index in [0.29, 0.717) is 17.1 Å². The molecule has 2 rings (SSSR count). The molecule has 1 amide bonds. The minimum atomic E-state index is -0.984. The van der Waals surface area contributed by atoms with Gasteiger partial charge >= 0.3 is 5.97 Å². The van der Waals surface area contributed by atoms with Gasteiger partial charge < -0.3 is 15.2 Å². The molecule has 134 valence electrons. The Bertz CT molecular complexity index is 581. The first kappa shape index (κ1) is 18.9. The summed E-state index contributed by atoms with van der Waals surface area (Å²) in [6.07, 6.45) is 5.94. The second kappa shape index (κ2) is 8.58. The zero-order valence-corrected chi connectivity index (χ0v) is 15.3. The third-order valence-corrected chi connectivity index (χ3v) is 5.64. The average Bonchev–Trinajstić information content (AvgIpc) is 2.95. The van der Waals surface area contributed by atoms with Gasteiger partial charge in [-0.2, -0.15) is 0 Å². The van der Waals surface area contributed by atoms with Crippen molar-refractivity contribution in [3.63, 3.8) is 0 Å². The normalized spacial score (nSPS) is 18.1. The minimum Gasteiger partial charge on any atom is -0.477 e. The number of amides is 1. The van der Waals surface area contributed by atoms with Crippen molar-refractivity contribution in [3.05, 3.63) is 15.6 Å². The van der Waals surface area contributed by atoms with Crippen LogP contribution >= 0.6 is 11.3 Å². The number of carboxylic acids is 1. The van der Waals surface area contributed by atoms with Crippen LogP contribution in [0.5, 0.6) is 0 Å². The van der Waals surface area contributed by atoms with Gasteiger partial charge in [0, 0.05) is 0 Å². The predicted octanol–water partition coefficient (Wildman–Crippen LogP) is 3.45. The number of carbonyl (C=O) groups excluding carboxylic acids is 1. The Morgan fingerprint density at radius 3 is 2.58 bits per heavy atom. The summed E-state index contributed by atoms with van der Waals surface area (Å²) in [5, 5.41) is 12.6. The fraction of sp³-hybridized carbons (Fsp3) is 0.706. The SMILES string of the molecule is CCC(OC1CCCCC1)C(=O)NC(C)c1nc(C)c(C(=O)O)s1. The first-order chi connectivity index (χ1) is 11.4. The van der Waals surface area contributed by atoms with Gasteiger partial charge in [-0.05, 0) is 33.1 Å². The Labute approximate surface area is 146 Å². The fourth-order valence-corrected chi connectivity index (χ4v) is 3.85. The van der Waals surface area contributed by atoms with E-state index < -0.39 is 12.1 Å². The zero-order valence-electron chi connectivity index (χ0n) is 14.5. The van der Waals surface area contributed by atoms with Gasteiger partial charge in [-0.3, -0.25) is 4.79 Å². The summed E-state index contributed by atoms with van der Waals surface area (Å²) < 4.78 is 5.98. The van der Waals surface area contributed by atoms with Crippen molar-refractivity contribution in [2.24, 2.45) is 0 Å². The van der Waals surface area contributed by atoms with Crippen molar-refractivity contribution in [3.8, 4) is 0 Å². The number of hydrogen-bond donors (Lipinski definition) is 2. The van der Waals surface area contributed by atoms with E-state index in [1.54, 1.807) is 6.92 Å². The van der Waals surface area contributed by atoms with Gasteiger partial charge in [0.1, 0.15) is 16.0 Å². The monoisotopic (exact) mass is 354 g/mol. The number of thiazole rings is 1. The molecule has 1 heterocycles. The highest BCUT2D eigenvalue weighted by molar-refractivity contribution is 7.13. The first-order valence-electron chi connectivity index (χ1n) is 8.58. The minimum absolute atomic E-state index is 0.152. The van der Waals surface area contributed by atoms with Gasteiger partial charge in [-0.15, -0.1) is 11.3 Å². The maximum absolute atomic E-state index is 12.5. The lowest BCUT2D eigenvalue weighted by Crippen LogP contribution is -2.39.